The van der Waals surface area contributed by atoms with Crippen molar-refractivity contribution in [3.63, 3.8) is 0 Å². The predicted octanol–water partition coefficient (Wildman–Crippen LogP) is 6.20. The molecule has 1 aromatic heterocycles. The standard InChI is InChI=1S/C33H46ClF2N3O4.H2S/c1-18(2)10-28(39-17-22(8-9-38(6)7)19(3)13-29(39)40)33(43)37-27(16-30(41)42)25-14-23(11-21(5)32(25)36)31-20(4)12-24(35)15-26(31)34;/h11,13-14,17-18,20,24,26-28,31H,8-10,12,15-16H2,1-7H3,(H,37,43)(H,41,42);1H2/t20?,24?,26?,27-,28?,31?;/m0./s1. The van der Waals surface area contributed by atoms with Gasteiger partial charge in [-0.25, -0.2) is 8.78 Å². The molecule has 1 aliphatic rings. The second kappa shape index (κ2) is 16.2. The van der Waals surface area contributed by atoms with E-state index in [2.05, 4.69) is 5.32 Å². The minimum absolute atomic E-state index is 0. The molecule has 1 aromatic carbocycles. The molecular weight excluding hydrogens is 608 g/mol. The Kier molecular flexibility index (Phi) is 13.9. The zero-order valence-electron chi connectivity index (χ0n) is 26.8. The van der Waals surface area contributed by atoms with E-state index in [0.29, 0.717) is 24.8 Å². The van der Waals surface area contributed by atoms with Crippen LogP contribution in [-0.2, 0) is 16.0 Å². The van der Waals surface area contributed by atoms with Crippen molar-refractivity contribution >= 4 is 37.0 Å². The lowest BCUT2D eigenvalue weighted by Crippen LogP contribution is -2.40. The number of aliphatic carboxylic acids is 1. The van der Waals surface area contributed by atoms with Crippen LogP contribution in [-0.4, -0.2) is 58.6 Å². The highest BCUT2D eigenvalue weighted by atomic mass is 35.5. The average Bonchev–Trinajstić information content (AvgIpc) is 2.87. The number of aromatic nitrogens is 1. The van der Waals surface area contributed by atoms with Crippen LogP contribution in [0.3, 0.4) is 0 Å². The van der Waals surface area contributed by atoms with E-state index in [9.17, 15) is 23.9 Å². The summed E-state index contributed by atoms with van der Waals surface area (Å²) in [6.07, 6.45) is 1.65. The smallest absolute Gasteiger partial charge is 0.305 e. The van der Waals surface area contributed by atoms with Crippen LogP contribution in [0, 0.1) is 31.5 Å². The van der Waals surface area contributed by atoms with Crippen molar-refractivity contribution in [2.24, 2.45) is 11.8 Å². The largest absolute Gasteiger partial charge is 0.481 e. The minimum atomic E-state index is -1.21. The maximum Gasteiger partial charge on any atom is 0.305 e. The van der Waals surface area contributed by atoms with Crippen LogP contribution in [0.2, 0.25) is 0 Å². The molecule has 7 nitrogen and oxygen atoms in total. The number of hydrogen-bond acceptors (Lipinski definition) is 4. The third-order valence-electron chi connectivity index (χ3n) is 8.43. The normalized spacial score (nSPS) is 21.5. The number of carbonyl (C=O) groups is 2. The van der Waals surface area contributed by atoms with Gasteiger partial charge in [-0.15, -0.1) is 11.6 Å². The first-order chi connectivity index (χ1) is 20.1. The molecule has 2 N–H and O–H groups in total. The molecule has 6 atom stereocenters. The molecule has 0 radical (unpaired) electrons. The number of rotatable bonds is 12. The topological polar surface area (TPSA) is 91.6 Å². The van der Waals surface area contributed by atoms with Gasteiger partial charge in [0, 0.05) is 35.7 Å². The number of nitrogens with zero attached hydrogens (tertiary/aromatic N) is 2. The van der Waals surface area contributed by atoms with E-state index in [-0.39, 0.29) is 54.4 Å². The summed E-state index contributed by atoms with van der Waals surface area (Å²) in [4.78, 5) is 41.1. The fourth-order valence-electron chi connectivity index (χ4n) is 6.21. The first-order valence-electron chi connectivity index (χ1n) is 15.1. The fraction of sp³-hybridized carbons (Fsp3) is 0.606. The molecule has 1 fully saturated rings. The van der Waals surface area contributed by atoms with Crippen LogP contribution in [0.4, 0.5) is 8.78 Å². The van der Waals surface area contributed by atoms with Gasteiger partial charge >= 0.3 is 5.97 Å². The highest BCUT2D eigenvalue weighted by Gasteiger charge is 2.37. The lowest BCUT2D eigenvalue weighted by molar-refractivity contribution is -0.138. The molecule has 246 valence electrons. The van der Waals surface area contributed by atoms with Crippen molar-refractivity contribution in [3.05, 3.63) is 68.4 Å². The van der Waals surface area contributed by atoms with Gasteiger partial charge in [-0.1, -0.05) is 32.9 Å². The lowest BCUT2D eigenvalue weighted by atomic mass is 9.74. The summed E-state index contributed by atoms with van der Waals surface area (Å²) in [5, 5.41) is 12.1. The number of alkyl halides is 2. The molecule has 11 heteroatoms. The quantitative estimate of drug-likeness (QED) is 0.266. The number of aryl methyl sites for hydroxylation is 2. The van der Waals surface area contributed by atoms with Gasteiger partial charge in [0.05, 0.1) is 12.5 Å². The maximum absolute atomic E-state index is 15.7. The molecule has 1 saturated carbocycles. The lowest BCUT2D eigenvalue weighted by Gasteiger charge is -2.36. The predicted molar refractivity (Wildman–Crippen MR) is 177 cm³/mol. The van der Waals surface area contributed by atoms with Gasteiger partial charge in [-0.3, -0.25) is 14.4 Å². The minimum Gasteiger partial charge on any atom is -0.481 e. The molecule has 5 unspecified atom stereocenters. The van der Waals surface area contributed by atoms with Crippen LogP contribution in [0.25, 0.3) is 0 Å². The van der Waals surface area contributed by atoms with Gasteiger partial charge in [0.15, 0.2) is 0 Å². The maximum atomic E-state index is 15.7. The highest BCUT2D eigenvalue weighted by molar-refractivity contribution is 7.59. The number of halogens is 3. The van der Waals surface area contributed by atoms with E-state index >= 15 is 4.39 Å². The Morgan fingerprint density at radius 3 is 2.39 bits per heavy atom. The van der Waals surface area contributed by atoms with Crippen molar-refractivity contribution < 1.29 is 23.5 Å². The van der Waals surface area contributed by atoms with Gasteiger partial charge in [0.1, 0.15) is 18.0 Å². The van der Waals surface area contributed by atoms with Crippen LogP contribution in [0.1, 0.15) is 92.3 Å². The third kappa shape index (κ3) is 9.54. The van der Waals surface area contributed by atoms with Gasteiger partial charge < -0.3 is 19.9 Å². The second-order valence-corrected chi connectivity index (χ2v) is 13.5. The number of pyridine rings is 1. The summed E-state index contributed by atoms with van der Waals surface area (Å²) in [7, 11) is 3.91. The Morgan fingerprint density at radius 2 is 1.82 bits per heavy atom. The average molecular weight is 656 g/mol. The summed E-state index contributed by atoms with van der Waals surface area (Å²) in [6, 6.07) is 2.63. The van der Waals surface area contributed by atoms with Crippen LogP contribution < -0.4 is 10.9 Å². The molecule has 44 heavy (non-hydrogen) atoms. The van der Waals surface area contributed by atoms with Crippen molar-refractivity contribution in [2.45, 2.75) is 96.3 Å². The van der Waals surface area contributed by atoms with Crippen LogP contribution in [0.5, 0.6) is 0 Å². The fourth-order valence-corrected chi connectivity index (χ4v) is 6.80. The van der Waals surface area contributed by atoms with Crippen molar-refractivity contribution in [3.8, 4) is 0 Å². The van der Waals surface area contributed by atoms with Gasteiger partial charge in [0.2, 0.25) is 5.91 Å². The van der Waals surface area contributed by atoms with E-state index in [1.807, 2.05) is 46.7 Å². The van der Waals surface area contributed by atoms with Crippen molar-refractivity contribution in [1.29, 1.82) is 0 Å². The number of carbonyl (C=O) groups excluding carboxylic acids is 1. The van der Waals surface area contributed by atoms with Gasteiger partial charge in [0.25, 0.3) is 5.56 Å². The summed E-state index contributed by atoms with van der Waals surface area (Å²) >= 11 is 6.60. The Balaban J connectivity index is 0.00000675. The summed E-state index contributed by atoms with van der Waals surface area (Å²) in [5.74, 6) is -2.73. The number of carboxylic acid groups (broad SMARTS) is 1. The molecule has 2 aromatic rings. The summed E-state index contributed by atoms with van der Waals surface area (Å²) < 4.78 is 31.3. The zero-order chi connectivity index (χ0) is 32.2. The van der Waals surface area contributed by atoms with E-state index in [1.54, 1.807) is 25.3 Å². The number of likely N-dealkylation sites (N-methyl/N-ethyl adjacent to an activating group) is 1. The molecule has 0 saturated heterocycles. The van der Waals surface area contributed by atoms with Crippen molar-refractivity contribution in [1.82, 2.24) is 14.8 Å². The van der Waals surface area contributed by atoms with Gasteiger partial charge in [-0.05, 0) is 87.7 Å². The molecular formula is C33H48ClF2N3O4S. The Morgan fingerprint density at radius 1 is 1.16 bits per heavy atom. The summed E-state index contributed by atoms with van der Waals surface area (Å²) in [6.45, 7) is 9.97. The molecule has 3 rings (SSSR count). The van der Waals surface area contributed by atoms with E-state index in [1.165, 1.54) is 10.6 Å². The highest BCUT2D eigenvalue weighted by Crippen LogP contribution is 2.43. The molecule has 0 spiro atoms. The van der Waals surface area contributed by atoms with Gasteiger partial charge in [-0.2, -0.15) is 13.5 Å². The van der Waals surface area contributed by atoms with E-state index in [0.717, 1.165) is 17.7 Å². The Hall–Kier alpha value is -2.43. The second-order valence-electron chi connectivity index (χ2n) is 12.9. The number of amides is 1. The molecule has 1 heterocycles. The van der Waals surface area contributed by atoms with Crippen LogP contribution in [0.15, 0.2) is 29.2 Å². The van der Waals surface area contributed by atoms with Crippen molar-refractivity contribution in [2.75, 3.05) is 20.6 Å². The van der Waals surface area contributed by atoms with Crippen LogP contribution >= 0.6 is 25.1 Å². The molecule has 1 aliphatic carbocycles. The zero-order valence-corrected chi connectivity index (χ0v) is 28.5. The molecule has 0 bridgehead atoms. The Labute approximate surface area is 271 Å². The Bertz CT molecular complexity index is 1360. The van der Waals surface area contributed by atoms with E-state index in [4.69, 9.17) is 11.6 Å². The SMILES string of the molecule is Cc1cc(=O)n(C(CC(C)C)C(=O)N[C@@H](CC(=O)O)c2cc(C3C(C)CC(F)CC3Cl)cc(C)c2F)cc1CCN(C)C.S. The first kappa shape index (κ1) is 37.8. The number of carboxylic acids is 1. The monoisotopic (exact) mass is 655 g/mol. The first-order valence-corrected chi connectivity index (χ1v) is 15.5. The molecule has 0 aliphatic heterocycles. The number of hydrogen-bond donors (Lipinski definition) is 2. The number of nitrogens with one attached hydrogen (secondary N) is 1. The summed E-state index contributed by atoms with van der Waals surface area (Å²) in [5.41, 5.74) is 2.44. The number of benzene rings is 1. The van der Waals surface area contributed by atoms with E-state index < -0.39 is 47.7 Å². The molecule has 1 amide bonds. The third-order valence-corrected chi connectivity index (χ3v) is 8.88.